The molecule has 0 aliphatic rings. The van der Waals surface area contributed by atoms with Crippen LogP contribution in [0.5, 0.6) is 0 Å². The molecule has 1 aromatic rings. The molecule has 0 unspecified atom stereocenters. The molecule has 0 saturated heterocycles. The van der Waals surface area contributed by atoms with Gasteiger partial charge in [0.05, 0.1) is 0 Å². The average Bonchev–Trinajstić information content (AvgIpc) is 2.39. The number of aryl methyl sites for hydroxylation is 1. The van der Waals surface area contributed by atoms with Crippen molar-refractivity contribution in [1.82, 2.24) is 25.1 Å². The molecule has 11 heavy (non-hydrogen) atoms. The summed E-state index contributed by atoms with van der Waals surface area (Å²) >= 11 is 0. The van der Waals surface area contributed by atoms with E-state index in [0.29, 0.717) is 0 Å². The van der Waals surface area contributed by atoms with Crippen LogP contribution >= 0.6 is 0 Å². The predicted octanol–water partition coefficient (Wildman–Crippen LogP) is -0.375. The van der Waals surface area contributed by atoms with Gasteiger partial charge in [0.15, 0.2) is 0 Å². The van der Waals surface area contributed by atoms with Crippen LogP contribution < -0.4 is 0 Å². The van der Waals surface area contributed by atoms with E-state index < -0.39 is 0 Å². The van der Waals surface area contributed by atoms with E-state index >= 15 is 0 Å². The number of tetrazole rings is 1. The van der Waals surface area contributed by atoms with Crippen LogP contribution in [0.3, 0.4) is 0 Å². The smallest absolute Gasteiger partial charge is 0.138 e. The summed E-state index contributed by atoms with van der Waals surface area (Å²) in [6.45, 7) is 1.96. The van der Waals surface area contributed by atoms with Gasteiger partial charge in [0.25, 0.3) is 0 Å². The van der Waals surface area contributed by atoms with Gasteiger partial charge in [0.1, 0.15) is 6.33 Å². The van der Waals surface area contributed by atoms with Crippen LogP contribution in [-0.4, -0.2) is 45.7 Å². The maximum atomic E-state index is 3.75. The molecule has 0 atom stereocenters. The second-order valence-electron chi connectivity index (χ2n) is 2.73. The van der Waals surface area contributed by atoms with Crippen molar-refractivity contribution in [1.29, 1.82) is 0 Å². The first-order valence-electron chi connectivity index (χ1n) is 3.64. The molecule has 1 rings (SSSR count). The maximum absolute atomic E-state index is 3.75. The van der Waals surface area contributed by atoms with Crippen molar-refractivity contribution in [2.45, 2.75) is 13.0 Å². The van der Waals surface area contributed by atoms with Gasteiger partial charge in [-0.05, 0) is 37.5 Å². The van der Waals surface area contributed by atoms with Gasteiger partial charge in [0, 0.05) is 6.54 Å². The van der Waals surface area contributed by atoms with Gasteiger partial charge in [-0.2, -0.15) is 0 Å². The Bertz CT molecular complexity index is 181. The van der Waals surface area contributed by atoms with Gasteiger partial charge in [-0.3, -0.25) is 0 Å². The first-order chi connectivity index (χ1) is 5.29. The Labute approximate surface area is 66.0 Å². The Kier molecular flexibility index (Phi) is 2.97. The molecule has 0 aromatic carbocycles. The van der Waals surface area contributed by atoms with Crippen LogP contribution in [0, 0.1) is 0 Å². The van der Waals surface area contributed by atoms with E-state index in [1.54, 1.807) is 11.0 Å². The van der Waals surface area contributed by atoms with Crippen LogP contribution in [-0.2, 0) is 6.54 Å². The lowest BCUT2D eigenvalue weighted by Crippen LogP contribution is -2.15. The Balaban J connectivity index is 2.14. The molecular weight excluding hydrogens is 142 g/mol. The van der Waals surface area contributed by atoms with E-state index in [1.807, 2.05) is 0 Å². The highest BCUT2D eigenvalue weighted by Gasteiger charge is 1.93. The number of hydrogen-bond donors (Lipinski definition) is 0. The minimum Gasteiger partial charge on any atom is -0.309 e. The second-order valence-corrected chi connectivity index (χ2v) is 2.73. The Hall–Kier alpha value is -0.970. The molecule has 0 saturated carbocycles. The van der Waals surface area contributed by atoms with Crippen molar-refractivity contribution >= 4 is 0 Å². The topological polar surface area (TPSA) is 46.8 Å². The standard InChI is InChI=1S/C6H13N5/c1-10(2)4-3-5-11-6-7-8-9-11/h6H,3-5H2,1-2H3. The highest BCUT2D eigenvalue weighted by Crippen LogP contribution is 1.86. The summed E-state index contributed by atoms with van der Waals surface area (Å²) in [5.74, 6) is 0. The van der Waals surface area contributed by atoms with Crippen molar-refractivity contribution in [3.63, 3.8) is 0 Å². The molecule has 0 bridgehead atoms. The van der Waals surface area contributed by atoms with E-state index in [-0.39, 0.29) is 0 Å². The average molecular weight is 155 g/mol. The molecule has 1 aromatic heterocycles. The summed E-state index contributed by atoms with van der Waals surface area (Å²) in [6, 6.07) is 0. The van der Waals surface area contributed by atoms with E-state index in [0.717, 1.165) is 19.5 Å². The van der Waals surface area contributed by atoms with Crippen LogP contribution in [0.2, 0.25) is 0 Å². The fourth-order valence-corrected chi connectivity index (χ4v) is 0.832. The second kappa shape index (κ2) is 4.02. The molecule has 0 fully saturated rings. The number of hydrogen-bond acceptors (Lipinski definition) is 4. The lowest BCUT2D eigenvalue weighted by molar-refractivity contribution is 0.379. The summed E-state index contributed by atoms with van der Waals surface area (Å²) in [6.07, 6.45) is 2.72. The minimum absolute atomic E-state index is 0.894. The Morgan fingerprint density at radius 1 is 1.45 bits per heavy atom. The van der Waals surface area contributed by atoms with Crippen molar-refractivity contribution in [3.05, 3.63) is 6.33 Å². The SMILES string of the molecule is CN(C)CCCn1cnnn1. The van der Waals surface area contributed by atoms with E-state index in [9.17, 15) is 0 Å². The lowest BCUT2D eigenvalue weighted by Gasteiger charge is -2.07. The predicted molar refractivity (Wildman–Crippen MR) is 41.0 cm³/mol. The molecule has 5 heteroatoms. The van der Waals surface area contributed by atoms with Crippen molar-refractivity contribution in [2.75, 3.05) is 20.6 Å². The third-order valence-electron chi connectivity index (χ3n) is 1.38. The lowest BCUT2D eigenvalue weighted by atomic mass is 10.4. The Morgan fingerprint density at radius 3 is 2.82 bits per heavy atom. The van der Waals surface area contributed by atoms with Crippen molar-refractivity contribution in [2.24, 2.45) is 0 Å². The summed E-state index contributed by atoms with van der Waals surface area (Å²) in [4.78, 5) is 2.14. The molecule has 0 N–H and O–H groups in total. The van der Waals surface area contributed by atoms with E-state index in [2.05, 4.69) is 34.5 Å². The molecule has 0 aliphatic heterocycles. The molecular formula is C6H13N5. The first kappa shape index (κ1) is 8.13. The van der Waals surface area contributed by atoms with Crippen LogP contribution in [0.4, 0.5) is 0 Å². The minimum atomic E-state index is 0.894. The normalized spacial score (nSPS) is 10.8. The zero-order valence-electron chi connectivity index (χ0n) is 6.93. The maximum Gasteiger partial charge on any atom is 0.138 e. The molecule has 0 radical (unpaired) electrons. The fourth-order valence-electron chi connectivity index (χ4n) is 0.832. The summed E-state index contributed by atoms with van der Waals surface area (Å²) < 4.78 is 1.74. The van der Waals surface area contributed by atoms with Gasteiger partial charge < -0.3 is 4.90 Å². The monoisotopic (exact) mass is 155 g/mol. The third kappa shape index (κ3) is 3.08. The molecule has 62 valence electrons. The highest BCUT2D eigenvalue weighted by atomic mass is 15.5. The summed E-state index contributed by atoms with van der Waals surface area (Å²) in [7, 11) is 4.11. The zero-order valence-corrected chi connectivity index (χ0v) is 6.93. The van der Waals surface area contributed by atoms with Crippen LogP contribution in [0.1, 0.15) is 6.42 Å². The van der Waals surface area contributed by atoms with Crippen molar-refractivity contribution < 1.29 is 0 Å². The summed E-state index contributed by atoms with van der Waals surface area (Å²) in [5.41, 5.74) is 0. The first-order valence-corrected chi connectivity index (χ1v) is 3.64. The van der Waals surface area contributed by atoms with Crippen LogP contribution in [0.15, 0.2) is 6.33 Å². The molecule has 1 heterocycles. The van der Waals surface area contributed by atoms with Gasteiger partial charge in [-0.1, -0.05) is 0 Å². The number of nitrogens with zero attached hydrogens (tertiary/aromatic N) is 5. The quantitative estimate of drug-likeness (QED) is 0.595. The fraction of sp³-hybridized carbons (Fsp3) is 0.833. The van der Waals surface area contributed by atoms with Gasteiger partial charge in [-0.25, -0.2) is 4.68 Å². The van der Waals surface area contributed by atoms with Crippen molar-refractivity contribution in [3.8, 4) is 0 Å². The highest BCUT2D eigenvalue weighted by molar-refractivity contribution is 4.49. The molecule has 0 amide bonds. The largest absolute Gasteiger partial charge is 0.309 e. The van der Waals surface area contributed by atoms with Crippen LogP contribution in [0.25, 0.3) is 0 Å². The number of rotatable bonds is 4. The Morgan fingerprint density at radius 2 is 2.27 bits per heavy atom. The van der Waals surface area contributed by atoms with E-state index in [1.165, 1.54) is 0 Å². The van der Waals surface area contributed by atoms with E-state index in [4.69, 9.17) is 0 Å². The zero-order chi connectivity index (χ0) is 8.10. The summed E-state index contributed by atoms with van der Waals surface area (Å²) in [5, 5.41) is 10.8. The van der Waals surface area contributed by atoms with Gasteiger partial charge >= 0.3 is 0 Å². The number of aromatic nitrogens is 4. The molecule has 5 nitrogen and oxygen atoms in total. The van der Waals surface area contributed by atoms with Gasteiger partial charge in [0.2, 0.25) is 0 Å². The van der Waals surface area contributed by atoms with Gasteiger partial charge in [-0.15, -0.1) is 5.10 Å². The third-order valence-corrected chi connectivity index (χ3v) is 1.38. The molecule has 0 spiro atoms. The molecule has 0 aliphatic carbocycles.